The highest BCUT2D eigenvalue weighted by Crippen LogP contribution is 2.06. The summed E-state index contributed by atoms with van der Waals surface area (Å²) in [5.41, 5.74) is 1.22. The molecule has 0 aromatic heterocycles. The third-order valence-corrected chi connectivity index (χ3v) is 1.58. The van der Waals surface area contributed by atoms with Crippen molar-refractivity contribution in [3.05, 3.63) is 35.4 Å². The minimum absolute atomic E-state index is 0.0171. The minimum Gasteiger partial charge on any atom is -0.392 e. The summed E-state index contributed by atoms with van der Waals surface area (Å²) in [4.78, 5) is 10.5. The van der Waals surface area contributed by atoms with E-state index in [4.69, 9.17) is 16.7 Å². The maximum Gasteiger partial charge on any atom is 0.252 e. The van der Waals surface area contributed by atoms with Crippen LogP contribution in [-0.4, -0.2) is 10.3 Å². The first kappa shape index (κ1) is 8.24. The van der Waals surface area contributed by atoms with Gasteiger partial charge in [0.25, 0.3) is 5.24 Å². The van der Waals surface area contributed by atoms with Crippen LogP contribution in [-0.2, 0) is 6.61 Å². The lowest BCUT2D eigenvalue weighted by atomic mass is 10.2. The molecule has 0 unspecified atom stereocenters. The molecule has 0 aliphatic carbocycles. The van der Waals surface area contributed by atoms with Gasteiger partial charge in [-0.05, 0) is 29.3 Å². The van der Waals surface area contributed by atoms with Crippen molar-refractivity contribution in [1.82, 2.24) is 0 Å². The molecule has 0 radical (unpaired) electrons. The van der Waals surface area contributed by atoms with Crippen LogP contribution in [0.1, 0.15) is 15.9 Å². The predicted molar refractivity (Wildman–Crippen MR) is 42.5 cm³/mol. The molecule has 0 spiro atoms. The second-order valence-electron chi connectivity index (χ2n) is 2.13. The average molecular weight is 171 g/mol. The van der Waals surface area contributed by atoms with Gasteiger partial charge in [0.1, 0.15) is 0 Å². The van der Waals surface area contributed by atoms with Crippen LogP contribution in [0, 0.1) is 0 Å². The molecule has 1 aromatic carbocycles. The number of rotatable bonds is 2. The number of halogens is 1. The molecule has 1 rings (SSSR count). The summed E-state index contributed by atoms with van der Waals surface area (Å²) in [7, 11) is 0. The van der Waals surface area contributed by atoms with E-state index in [0.717, 1.165) is 5.56 Å². The smallest absolute Gasteiger partial charge is 0.252 e. The van der Waals surface area contributed by atoms with Crippen LogP contribution in [0.4, 0.5) is 0 Å². The Morgan fingerprint density at radius 2 is 1.91 bits per heavy atom. The van der Waals surface area contributed by atoms with Gasteiger partial charge in [-0.25, -0.2) is 0 Å². The zero-order chi connectivity index (χ0) is 8.27. The lowest BCUT2D eigenvalue weighted by Crippen LogP contribution is -1.89. The lowest BCUT2D eigenvalue weighted by Gasteiger charge is -1.95. The molecule has 1 aromatic rings. The molecule has 2 nitrogen and oxygen atoms in total. The Labute approximate surface area is 69.4 Å². The van der Waals surface area contributed by atoms with Crippen LogP contribution in [0.5, 0.6) is 0 Å². The van der Waals surface area contributed by atoms with E-state index >= 15 is 0 Å². The number of hydrogen-bond acceptors (Lipinski definition) is 2. The third kappa shape index (κ3) is 2.03. The van der Waals surface area contributed by atoms with Crippen molar-refractivity contribution in [2.75, 3.05) is 0 Å². The summed E-state index contributed by atoms with van der Waals surface area (Å²) in [5, 5.41) is 8.17. The molecule has 58 valence electrons. The van der Waals surface area contributed by atoms with Crippen LogP contribution in [0.3, 0.4) is 0 Å². The number of aliphatic hydroxyl groups excluding tert-OH is 1. The predicted octanol–water partition coefficient (Wildman–Crippen LogP) is 1.56. The SMILES string of the molecule is O=C(Cl)c1ccc(CO)cc1. The van der Waals surface area contributed by atoms with Crippen LogP contribution in [0.2, 0.25) is 0 Å². The molecular weight excluding hydrogens is 164 g/mol. The molecule has 0 saturated carbocycles. The van der Waals surface area contributed by atoms with E-state index in [9.17, 15) is 4.79 Å². The first-order chi connectivity index (χ1) is 5.24. The Morgan fingerprint density at radius 3 is 2.27 bits per heavy atom. The van der Waals surface area contributed by atoms with Gasteiger partial charge in [-0.15, -0.1) is 0 Å². The molecule has 0 atom stereocenters. The molecule has 1 N–H and O–H groups in total. The summed E-state index contributed by atoms with van der Waals surface area (Å²) in [6.45, 7) is -0.0171. The maximum atomic E-state index is 10.5. The minimum atomic E-state index is -0.477. The average Bonchev–Trinajstić information content (AvgIpc) is 2.05. The standard InChI is InChI=1S/C8H7ClO2/c9-8(11)7-3-1-6(5-10)2-4-7/h1-4,10H,5H2. The van der Waals surface area contributed by atoms with Gasteiger partial charge in [0.05, 0.1) is 6.61 Å². The van der Waals surface area contributed by atoms with Gasteiger partial charge in [-0.3, -0.25) is 4.79 Å². The highest BCUT2D eigenvalue weighted by Gasteiger charge is 1.99. The molecule has 0 saturated heterocycles. The number of aliphatic hydroxyl groups is 1. The van der Waals surface area contributed by atoms with E-state index in [1.165, 1.54) is 0 Å². The van der Waals surface area contributed by atoms with Crippen molar-refractivity contribution in [1.29, 1.82) is 0 Å². The molecule has 0 heterocycles. The fraction of sp³-hybridized carbons (Fsp3) is 0.125. The van der Waals surface area contributed by atoms with Crippen molar-refractivity contribution in [3.8, 4) is 0 Å². The quantitative estimate of drug-likeness (QED) is 0.684. The van der Waals surface area contributed by atoms with Gasteiger partial charge in [0, 0.05) is 5.56 Å². The number of benzene rings is 1. The van der Waals surface area contributed by atoms with Crippen LogP contribution in [0.25, 0.3) is 0 Å². The maximum absolute atomic E-state index is 10.5. The van der Waals surface area contributed by atoms with Crippen LogP contribution >= 0.6 is 11.6 Å². The number of carbonyl (C=O) groups is 1. The number of carbonyl (C=O) groups excluding carboxylic acids is 1. The molecule has 11 heavy (non-hydrogen) atoms. The summed E-state index contributed by atoms with van der Waals surface area (Å²) in [6.07, 6.45) is 0. The van der Waals surface area contributed by atoms with E-state index in [1.54, 1.807) is 24.3 Å². The molecule has 0 fully saturated rings. The topological polar surface area (TPSA) is 37.3 Å². The highest BCUT2D eigenvalue weighted by molar-refractivity contribution is 6.67. The molecule has 0 bridgehead atoms. The van der Waals surface area contributed by atoms with Crippen LogP contribution in [0.15, 0.2) is 24.3 Å². The summed E-state index contributed by atoms with van der Waals surface area (Å²) >= 11 is 5.20. The van der Waals surface area contributed by atoms with Gasteiger partial charge in [0.15, 0.2) is 0 Å². The Balaban J connectivity index is 2.91. The zero-order valence-electron chi connectivity index (χ0n) is 5.75. The first-order valence-corrected chi connectivity index (χ1v) is 3.51. The lowest BCUT2D eigenvalue weighted by molar-refractivity contribution is 0.108. The normalized spacial score (nSPS) is 9.64. The fourth-order valence-electron chi connectivity index (χ4n) is 0.741. The van der Waals surface area contributed by atoms with E-state index < -0.39 is 5.24 Å². The fourth-order valence-corrected chi connectivity index (χ4v) is 0.867. The molecule has 0 aliphatic rings. The summed E-state index contributed by atoms with van der Waals surface area (Å²) < 4.78 is 0. The summed E-state index contributed by atoms with van der Waals surface area (Å²) in [6, 6.07) is 6.49. The Bertz CT molecular complexity index is 253. The molecule has 0 aliphatic heterocycles. The van der Waals surface area contributed by atoms with Gasteiger partial charge >= 0.3 is 0 Å². The third-order valence-electron chi connectivity index (χ3n) is 1.36. The highest BCUT2D eigenvalue weighted by atomic mass is 35.5. The van der Waals surface area contributed by atoms with Gasteiger partial charge in [-0.2, -0.15) is 0 Å². The van der Waals surface area contributed by atoms with Crippen molar-refractivity contribution in [2.45, 2.75) is 6.61 Å². The Morgan fingerprint density at radius 1 is 1.36 bits per heavy atom. The van der Waals surface area contributed by atoms with Crippen molar-refractivity contribution in [3.63, 3.8) is 0 Å². The number of hydrogen-bond donors (Lipinski definition) is 1. The second kappa shape index (κ2) is 3.51. The largest absolute Gasteiger partial charge is 0.392 e. The van der Waals surface area contributed by atoms with Gasteiger partial charge in [0.2, 0.25) is 0 Å². The Hall–Kier alpha value is -0.860. The Kier molecular flexibility index (Phi) is 2.63. The van der Waals surface area contributed by atoms with Gasteiger partial charge < -0.3 is 5.11 Å². The van der Waals surface area contributed by atoms with Crippen molar-refractivity contribution in [2.24, 2.45) is 0 Å². The second-order valence-corrected chi connectivity index (χ2v) is 2.47. The molecule has 3 heteroatoms. The first-order valence-electron chi connectivity index (χ1n) is 3.13. The van der Waals surface area contributed by atoms with E-state index in [-0.39, 0.29) is 6.61 Å². The molecular formula is C8H7ClO2. The van der Waals surface area contributed by atoms with E-state index in [0.29, 0.717) is 5.56 Å². The van der Waals surface area contributed by atoms with Crippen LogP contribution < -0.4 is 0 Å². The van der Waals surface area contributed by atoms with E-state index in [2.05, 4.69) is 0 Å². The monoisotopic (exact) mass is 170 g/mol. The summed E-state index contributed by atoms with van der Waals surface area (Å²) in [5.74, 6) is 0. The van der Waals surface area contributed by atoms with Crippen molar-refractivity contribution >= 4 is 16.8 Å². The van der Waals surface area contributed by atoms with Gasteiger partial charge in [-0.1, -0.05) is 12.1 Å². The van der Waals surface area contributed by atoms with Crippen molar-refractivity contribution < 1.29 is 9.90 Å². The zero-order valence-corrected chi connectivity index (χ0v) is 6.51. The molecule has 0 amide bonds. The van der Waals surface area contributed by atoms with E-state index in [1.807, 2.05) is 0 Å².